The first kappa shape index (κ1) is 19.8. The second-order valence-electron chi connectivity index (χ2n) is 6.06. The van der Waals surface area contributed by atoms with Crippen molar-refractivity contribution in [3.63, 3.8) is 0 Å². The van der Waals surface area contributed by atoms with Gasteiger partial charge >= 0.3 is 5.97 Å². The molecule has 3 N–H and O–H groups in total. The molecule has 0 aliphatic heterocycles. The van der Waals surface area contributed by atoms with Crippen LogP contribution in [0.5, 0.6) is 5.75 Å². The molecule has 0 bridgehead atoms. The van der Waals surface area contributed by atoms with Crippen molar-refractivity contribution in [1.82, 2.24) is 15.0 Å². The third-order valence-corrected chi connectivity index (χ3v) is 3.97. The summed E-state index contributed by atoms with van der Waals surface area (Å²) >= 11 is 0. The van der Waals surface area contributed by atoms with Crippen LogP contribution in [0.25, 0.3) is 6.08 Å². The van der Waals surface area contributed by atoms with Crippen molar-refractivity contribution >= 4 is 29.6 Å². The molecule has 8 nitrogen and oxygen atoms in total. The van der Waals surface area contributed by atoms with E-state index in [9.17, 15) is 4.79 Å². The minimum Gasteiger partial charge on any atom is -0.496 e. The van der Waals surface area contributed by atoms with Gasteiger partial charge in [0, 0.05) is 17.3 Å². The lowest BCUT2D eigenvalue weighted by Gasteiger charge is -2.09. The third kappa shape index (κ3) is 5.52. The van der Waals surface area contributed by atoms with Crippen molar-refractivity contribution in [2.24, 2.45) is 0 Å². The summed E-state index contributed by atoms with van der Waals surface area (Å²) in [6, 6.07) is 15.0. The maximum absolute atomic E-state index is 12.0. The molecule has 0 amide bonds. The molecule has 0 aliphatic carbocycles. The van der Waals surface area contributed by atoms with Crippen molar-refractivity contribution < 1.29 is 14.3 Å². The van der Waals surface area contributed by atoms with Gasteiger partial charge in [-0.2, -0.15) is 15.0 Å². The Bertz CT molecular complexity index is 1040. The molecule has 0 radical (unpaired) electrons. The van der Waals surface area contributed by atoms with E-state index in [0.29, 0.717) is 5.75 Å². The number of hydrogen-bond donors (Lipinski definition) is 2. The van der Waals surface area contributed by atoms with Crippen molar-refractivity contribution in [1.29, 1.82) is 0 Å². The molecular weight excluding hydrogens is 370 g/mol. The molecule has 148 valence electrons. The number of carbonyl (C=O) groups is 1. The quantitative estimate of drug-likeness (QED) is 0.466. The summed E-state index contributed by atoms with van der Waals surface area (Å²) in [5.74, 6) is 0.679. The zero-order valence-corrected chi connectivity index (χ0v) is 16.1. The van der Waals surface area contributed by atoms with Crippen molar-refractivity contribution in [3.05, 3.63) is 71.6 Å². The number of benzene rings is 2. The summed E-state index contributed by atoms with van der Waals surface area (Å²) in [5, 5.41) is 3.09. The molecule has 0 saturated carbocycles. The number of methoxy groups -OCH3 is 1. The van der Waals surface area contributed by atoms with Crippen molar-refractivity contribution in [2.75, 3.05) is 18.2 Å². The molecule has 3 rings (SSSR count). The molecule has 0 atom stereocenters. The SMILES string of the molecule is COc1ccccc1/C=C/C(=O)OCc1nc(N)nc(Nc2ccccc2C)n1. The fourth-order valence-corrected chi connectivity index (χ4v) is 2.54. The molecule has 0 saturated heterocycles. The van der Waals surface area contributed by atoms with Crippen LogP contribution in [0.2, 0.25) is 0 Å². The van der Waals surface area contributed by atoms with Crippen molar-refractivity contribution in [3.8, 4) is 5.75 Å². The van der Waals surface area contributed by atoms with E-state index in [0.717, 1.165) is 16.8 Å². The van der Waals surface area contributed by atoms with Gasteiger partial charge in [-0.3, -0.25) is 0 Å². The number of esters is 1. The fraction of sp³-hybridized carbons (Fsp3) is 0.143. The lowest BCUT2D eigenvalue weighted by atomic mass is 10.2. The van der Waals surface area contributed by atoms with E-state index in [-0.39, 0.29) is 24.3 Å². The highest BCUT2D eigenvalue weighted by atomic mass is 16.5. The zero-order valence-electron chi connectivity index (χ0n) is 16.1. The molecule has 29 heavy (non-hydrogen) atoms. The molecule has 0 fully saturated rings. The van der Waals surface area contributed by atoms with Crippen LogP contribution in [0.1, 0.15) is 17.0 Å². The van der Waals surface area contributed by atoms with E-state index in [1.54, 1.807) is 13.2 Å². The normalized spacial score (nSPS) is 10.7. The van der Waals surface area contributed by atoms with Gasteiger partial charge in [0.15, 0.2) is 12.4 Å². The largest absolute Gasteiger partial charge is 0.496 e. The highest BCUT2D eigenvalue weighted by Crippen LogP contribution is 2.19. The van der Waals surface area contributed by atoms with Crippen LogP contribution >= 0.6 is 0 Å². The number of carbonyl (C=O) groups excluding carboxylic acids is 1. The first-order valence-electron chi connectivity index (χ1n) is 8.86. The van der Waals surface area contributed by atoms with Gasteiger partial charge in [-0.25, -0.2) is 4.79 Å². The maximum Gasteiger partial charge on any atom is 0.331 e. The second-order valence-corrected chi connectivity index (χ2v) is 6.06. The first-order chi connectivity index (χ1) is 14.0. The lowest BCUT2D eigenvalue weighted by molar-refractivity contribution is -0.139. The van der Waals surface area contributed by atoms with Crippen LogP contribution in [0.4, 0.5) is 17.6 Å². The zero-order chi connectivity index (χ0) is 20.6. The maximum atomic E-state index is 12.0. The van der Waals surface area contributed by atoms with Crippen LogP contribution < -0.4 is 15.8 Å². The van der Waals surface area contributed by atoms with Crippen LogP contribution in [-0.2, 0) is 16.1 Å². The Labute approximate surface area is 168 Å². The summed E-state index contributed by atoms with van der Waals surface area (Å²) < 4.78 is 10.4. The van der Waals surface area contributed by atoms with Crippen LogP contribution in [0.15, 0.2) is 54.6 Å². The first-order valence-corrected chi connectivity index (χ1v) is 8.86. The van der Waals surface area contributed by atoms with Gasteiger partial charge in [0.25, 0.3) is 0 Å². The number of ether oxygens (including phenoxy) is 2. The van der Waals surface area contributed by atoms with Gasteiger partial charge in [0.05, 0.1) is 7.11 Å². The third-order valence-electron chi connectivity index (χ3n) is 3.97. The van der Waals surface area contributed by atoms with Gasteiger partial charge < -0.3 is 20.5 Å². The monoisotopic (exact) mass is 391 g/mol. The standard InChI is InChI=1S/C21H21N5O3/c1-14-7-3-5-9-16(14)23-21-25-18(24-20(22)26-21)13-29-19(27)12-11-15-8-4-6-10-17(15)28-2/h3-12H,13H2,1-2H3,(H3,22,23,24,25,26)/b12-11+. The van der Waals surface area contributed by atoms with Gasteiger partial charge in [0.2, 0.25) is 11.9 Å². The lowest BCUT2D eigenvalue weighted by Crippen LogP contribution is -2.10. The molecule has 1 heterocycles. The number of aromatic nitrogens is 3. The predicted octanol–water partition coefficient (Wildman–Crippen LogP) is 3.27. The molecule has 2 aromatic carbocycles. The number of hydrogen-bond acceptors (Lipinski definition) is 8. The predicted molar refractivity (Wildman–Crippen MR) is 111 cm³/mol. The summed E-state index contributed by atoms with van der Waals surface area (Å²) in [6.45, 7) is 1.83. The van der Waals surface area contributed by atoms with Gasteiger partial charge in [-0.05, 0) is 30.7 Å². The molecule has 0 unspecified atom stereocenters. The number of para-hydroxylation sites is 2. The summed E-state index contributed by atoms with van der Waals surface area (Å²) in [4.78, 5) is 24.4. The Balaban J connectivity index is 1.64. The molecular formula is C21H21N5O3. The molecule has 3 aromatic rings. The molecule has 1 aromatic heterocycles. The number of anilines is 3. The summed E-state index contributed by atoms with van der Waals surface area (Å²) in [5.41, 5.74) is 8.40. The minimum atomic E-state index is -0.539. The van der Waals surface area contributed by atoms with Crippen LogP contribution in [0, 0.1) is 6.92 Å². The van der Waals surface area contributed by atoms with Crippen molar-refractivity contribution in [2.45, 2.75) is 13.5 Å². The average molecular weight is 391 g/mol. The van der Waals surface area contributed by atoms with Crippen LogP contribution in [-0.4, -0.2) is 28.0 Å². The van der Waals surface area contributed by atoms with E-state index >= 15 is 0 Å². The Morgan fingerprint density at radius 1 is 1.10 bits per heavy atom. The Kier molecular flexibility index (Phi) is 6.36. The second kappa shape index (κ2) is 9.32. The Morgan fingerprint density at radius 3 is 2.66 bits per heavy atom. The summed E-state index contributed by atoms with van der Waals surface area (Å²) in [7, 11) is 1.57. The van der Waals surface area contributed by atoms with Crippen LogP contribution in [0.3, 0.4) is 0 Å². The van der Waals surface area contributed by atoms with Gasteiger partial charge in [-0.15, -0.1) is 0 Å². The average Bonchev–Trinajstić information content (AvgIpc) is 2.72. The number of nitrogen functional groups attached to an aromatic ring is 1. The number of aryl methyl sites for hydroxylation is 1. The highest BCUT2D eigenvalue weighted by molar-refractivity contribution is 5.87. The Morgan fingerprint density at radius 2 is 1.86 bits per heavy atom. The Hall–Kier alpha value is -3.94. The number of nitrogens with zero attached hydrogens (tertiary/aromatic N) is 3. The van der Waals surface area contributed by atoms with E-state index in [2.05, 4.69) is 20.3 Å². The smallest absolute Gasteiger partial charge is 0.331 e. The van der Waals surface area contributed by atoms with E-state index in [4.69, 9.17) is 15.2 Å². The molecule has 0 aliphatic rings. The molecule has 0 spiro atoms. The van der Waals surface area contributed by atoms with E-state index < -0.39 is 5.97 Å². The topological polar surface area (TPSA) is 112 Å². The summed E-state index contributed by atoms with van der Waals surface area (Å²) in [6.07, 6.45) is 2.93. The highest BCUT2D eigenvalue weighted by Gasteiger charge is 2.08. The van der Waals surface area contributed by atoms with E-state index in [1.807, 2.05) is 55.5 Å². The van der Waals surface area contributed by atoms with E-state index in [1.165, 1.54) is 6.08 Å². The fourth-order valence-electron chi connectivity index (χ4n) is 2.54. The number of nitrogens with one attached hydrogen (secondary N) is 1. The molecule has 8 heteroatoms. The minimum absolute atomic E-state index is 0.0340. The van der Waals surface area contributed by atoms with Gasteiger partial charge in [0.1, 0.15) is 5.75 Å². The van der Waals surface area contributed by atoms with Gasteiger partial charge in [-0.1, -0.05) is 36.4 Å². The number of nitrogens with two attached hydrogens (primary N) is 1. The number of rotatable bonds is 7.